The molecule has 0 aliphatic carbocycles. The summed E-state index contributed by atoms with van der Waals surface area (Å²) in [6.45, 7) is 1.07. The molecule has 0 amide bonds. The Kier molecular flexibility index (Phi) is 6.49. The van der Waals surface area contributed by atoms with Crippen LogP contribution in [-0.4, -0.2) is 48.9 Å². The van der Waals surface area contributed by atoms with Crippen LogP contribution in [0.2, 0.25) is 0 Å². The summed E-state index contributed by atoms with van der Waals surface area (Å²) in [7, 11) is 1.23. The van der Waals surface area contributed by atoms with Crippen LogP contribution in [0.1, 0.15) is 35.7 Å². The van der Waals surface area contributed by atoms with Crippen LogP contribution in [0.15, 0.2) is 18.2 Å². The van der Waals surface area contributed by atoms with Crippen molar-refractivity contribution in [1.29, 1.82) is 0 Å². The van der Waals surface area contributed by atoms with Crippen LogP contribution >= 0.6 is 0 Å². The van der Waals surface area contributed by atoms with Crippen LogP contribution in [0.4, 0.5) is 0 Å². The second kappa shape index (κ2) is 8.59. The van der Waals surface area contributed by atoms with Crippen molar-refractivity contribution >= 4 is 18.2 Å². The molecule has 1 heterocycles. The molecule has 8 heteroatoms. The van der Waals surface area contributed by atoms with Gasteiger partial charge in [0, 0.05) is 19.8 Å². The average Bonchev–Trinajstić information content (AvgIpc) is 2.60. The van der Waals surface area contributed by atoms with Gasteiger partial charge in [-0.05, 0) is 17.7 Å². The second-order valence-electron chi connectivity index (χ2n) is 5.55. The number of esters is 2. The van der Waals surface area contributed by atoms with Crippen LogP contribution in [0.3, 0.4) is 0 Å². The zero-order valence-electron chi connectivity index (χ0n) is 14.0. The molecule has 3 unspecified atom stereocenters. The molecule has 1 aromatic carbocycles. The van der Waals surface area contributed by atoms with E-state index in [-0.39, 0.29) is 30.8 Å². The molecule has 25 heavy (non-hydrogen) atoms. The summed E-state index contributed by atoms with van der Waals surface area (Å²) in [5.74, 6) is -0.837. The maximum Gasteiger partial charge on any atom is 0.335 e. The van der Waals surface area contributed by atoms with Crippen molar-refractivity contribution < 1.29 is 38.4 Å². The van der Waals surface area contributed by atoms with Gasteiger partial charge < -0.3 is 24.1 Å². The smallest absolute Gasteiger partial charge is 0.335 e. The van der Waals surface area contributed by atoms with Gasteiger partial charge in [-0.1, -0.05) is 6.07 Å². The maximum atomic E-state index is 11.8. The molecule has 0 bridgehead atoms. The number of aliphatic hydroxyl groups excluding tert-OH is 1. The number of benzene rings is 1. The Morgan fingerprint density at radius 3 is 2.72 bits per heavy atom. The predicted molar refractivity (Wildman–Crippen MR) is 83.8 cm³/mol. The lowest BCUT2D eigenvalue weighted by Gasteiger charge is -2.33. The van der Waals surface area contributed by atoms with Gasteiger partial charge in [0.05, 0.1) is 19.3 Å². The molecule has 0 saturated carbocycles. The van der Waals surface area contributed by atoms with Crippen LogP contribution in [-0.2, 0) is 30.4 Å². The summed E-state index contributed by atoms with van der Waals surface area (Å²) in [5.41, 5.74) is 0.795. The lowest BCUT2D eigenvalue weighted by Crippen LogP contribution is -2.44. The monoisotopic (exact) mass is 352 g/mol. The minimum atomic E-state index is -0.940. The van der Waals surface area contributed by atoms with Crippen molar-refractivity contribution in [1.82, 2.24) is 0 Å². The normalized spacial score (nSPS) is 22.8. The highest BCUT2D eigenvalue weighted by molar-refractivity contribution is 5.79. The molecule has 1 saturated heterocycles. The van der Waals surface area contributed by atoms with E-state index in [0.29, 0.717) is 11.8 Å². The zero-order valence-corrected chi connectivity index (χ0v) is 14.0. The van der Waals surface area contributed by atoms with Crippen molar-refractivity contribution in [3.8, 4) is 5.75 Å². The second-order valence-corrected chi connectivity index (χ2v) is 5.55. The van der Waals surface area contributed by atoms with Gasteiger partial charge in [0.15, 0.2) is 12.4 Å². The van der Waals surface area contributed by atoms with Gasteiger partial charge in [-0.2, -0.15) is 0 Å². The minimum Gasteiger partial charge on any atom is -0.467 e. The molecule has 1 aliphatic heterocycles. The quantitative estimate of drug-likeness (QED) is 0.596. The zero-order chi connectivity index (χ0) is 18.4. The highest BCUT2D eigenvalue weighted by Gasteiger charge is 2.37. The molecule has 136 valence electrons. The SMILES string of the molecule is COC(=O)C1CC(OC(C)=O)CC(Oc2ccc(CO)cc2C=O)O1. The lowest BCUT2D eigenvalue weighted by molar-refractivity contribution is -0.204. The number of carbonyl (C=O) groups excluding carboxylic acids is 3. The summed E-state index contributed by atoms with van der Waals surface area (Å²) in [6, 6.07) is 4.63. The summed E-state index contributed by atoms with van der Waals surface area (Å²) in [6.07, 6.45) is -1.45. The number of hydrogen-bond donors (Lipinski definition) is 1. The number of hydrogen-bond acceptors (Lipinski definition) is 8. The Morgan fingerprint density at radius 2 is 2.12 bits per heavy atom. The fourth-order valence-corrected chi connectivity index (χ4v) is 2.57. The first-order valence-corrected chi connectivity index (χ1v) is 7.73. The van der Waals surface area contributed by atoms with E-state index in [1.807, 2.05) is 0 Å². The molecular formula is C17H20O8. The van der Waals surface area contributed by atoms with Gasteiger partial charge in [-0.25, -0.2) is 4.79 Å². The Morgan fingerprint density at radius 1 is 1.36 bits per heavy atom. The topological polar surface area (TPSA) is 108 Å². The average molecular weight is 352 g/mol. The molecule has 3 atom stereocenters. The van der Waals surface area contributed by atoms with Gasteiger partial charge in [-0.15, -0.1) is 0 Å². The van der Waals surface area contributed by atoms with Crippen molar-refractivity contribution in [3.63, 3.8) is 0 Å². The molecule has 1 aliphatic rings. The Balaban J connectivity index is 2.17. The fourth-order valence-electron chi connectivity index (χ4n) is 2.57. The number of rotatable bonds is 6. The highest BCUT2D eigenvalue weighted by atomic mass is 16.7. The molecule has 0 radical (unpaired) electrons. The number of aldehydes is 1. The summed E-state index contributed by atoms with van der Waals surface area (Å²) < 4.78 is 21.1. The molecule has 0 aromatic heterocycles. The third-order valence-corrected chi connectivity index (χ3v) is 3.69. The molecule has 1 aromatic rings. The first-order chi connectivity index (χ1) is 12.0. The van der Waals surface area contributed by atoms with Crippen molar-refractivity contribution in [2.75, 3.05) is 7.11 Å². The van der Waals surface area contributed by atoms with Crippen molar-refractivity contribution in [2.45, 2.75) is 44.9 Å². The predicted octanol–water partition coefficient (Wildman–Crippen LogP) is 0.980. The Bertz CT molecular complexity index is 642. The van der Waals surface area contributed by atoms with Gasteiger partial charge in [-0.3, -0.25) is 9.59 Å². The van der Waals surface area contributed by atoms with Crippen LogP contribution in [0.25, 0.3) is 0 Å². The van der Waals surface area contributed by atoms with E-state index in [1.54, 1.807) is 6.07 Å². The van der Waals surface area contributed by atoms with Gasteiger partial charge in [0.2, 0.25) is 6.29 Å². The highest BCUT2D eigenvalue weighted by Crippen LogP contribution is 2.27. The van der Waals surface area contributed by atoms with E-state index < -0.39 is 30.4 Å². The van der Waals surface area contributed by atoms with Crippen molar-refractivity contribution in [3.05, 3.63) is 29.3 Å². The Labute approximate surface area is 144 Å². The summed E-state index contributed by atoms with van der Waals surface area (Å²) in [4.78, 5) is 34.2. The van der Waals surface area contributed by atoms with E-state index in [1.165, 1.54) is 26.2 Å². The minimum absolute atomic E-state index is 0.163. The number of ether oxygens (including phenoxy) is 4. The largest absolute Gasteiger partial charge is 0.467 e. The van der Waals surface area contributed by atoms with E-state index in [0.717, 1.165) is 0 Å². The van der Waals surface area contributed by atoms with Gasteiger partial charge in [0.25, 0.3) is 0 Å². The van der Waals surface area contributed by atoms with E-state index in [2.05, 4.69) is 4.74 Å². The number of aliphatic hydroxyl groups is 1. The van der Waals surface area contributed by atoms with E-state index in [4.69, 9.17) is 19.3 Å². The molecule has 0 spiro atoms. The van der Waals surface area contributed by atoms with E-state index >= 15 is 0 Å². The molecule has 1 N–H and O–H groups in total. The molecular weight excluding hydrogens is 332 g/mol. The number of carbonyl (C=O) groups is 3. The first kappa shape index (κ1) is 18.9. The van der Waals surface area contributed by atoms with E-state index in [9.17, 15) is 14.4 Å². The van der Waals surface area contributed by atoms with Crippen LogP contribution < -0.4 is 4.74 Å². The Hall–Kier alpha value is -2.45. The lowest BCUT2D eigenvalue weighted by atomic mass is 10.0. The molecule has 8 nitrogen and oxygen atoms in total. The van der Waals surface area contributed by atoms with Gasteiger partial charge in [0.1, 0.15) is 11.9 Å². The first-order valence-electron chi connectivity index (χ1n) is 7.73. The summed E-state index contributed by atoms with van der Waals surface area (Å²) in [5, 5.41) is 9.13. The molecule has 1 fully saturated rings. The van der Waals surface area contributed by atoms with Crippen LogP contribution in [0, 0.1) is 0 Å². The fraction of sp³-hybridized carbons (Fsp3) is 0.471. The summed E-state index contributed by atoms with van der Waals surface area (Å²) >= 11 is 0. The van der Waals surface area contributed by atoms with Crippen molar-refractivity contribution in [2.24, 2.45) is 0 Å². The molecule has 2 rings (SSSR count). The maximum absolute atomic E-state index is 11.8. The standard InChI is InChI=1S/C17H20O8/c1-10(20)23-13-6-15(17(21)22-2)25-16(7-13)24-14-4-3-11(8-18)5-12(14)9-19/h3-5,9,13,15-16,18H,6-8H2,1-2H3. The third kappa shape index (κ3) is 5.01. The third-order valence-electron chi connectivity index (χ3n) is 3.69. The number of methoxy groups -OCH3 is 1. The van der Waals surface area contributed by atoms with Crippen LogP contribution in [0.5, 0.6) is 5.75 Å². The van der Waals surface area contributed by atoms with Gasteiger partial charge >= 0.3 is 11.9 Å².